The number of carboxylic acids is 2. The monoisotopic (exact) mass is 295 g/mol. The molecule has 8 heteroatoms. The van der Waals surface area contributed by atoms with E-state index < -0.39 is 24.0 Å². The van der Waals surface area contributed by atoms with Crippen LogP contribution in [0.2, 0.25) is 0 Å². The van der Waals surface area contributed by atoms with Gasteiger partial charge in [-0.15, -0.1) is 0 Å². The number of aromatic nitrogens is 1. The molecule has 0 saturated heterocycles. The first-order valence-electron chi connectivity index (χ1n) is 6.37. The molecule has 8 nitrogen and oxygen atoms in total. The molecular weight excluding hydrogens is 278 g/mol. The summed E-state index contributed by atoms with van der Waals surface area (Å²) in [5.74, 6) is -2.19. The Morgan fingerprint density at radius 2 is 1.86 bits per heavy atom. The van der Waals surface area contributed by atoms with Crippen molar-refractivity contribution in [2.24, 2.45) is 0 Å². The van der Waals surface area contributed by atoms with Crippen LogP contribution in [0.1, 0.15) is 24.8 Å². The average Bonchev–Trinajstić information content (AvgIpc) is 2.44. The van der Waals surface area contributed by atoms with Crippen LogP contribution in [0.3, 0.4) is 0 Å². The Morgan fingerprint density at radius 1 is 1.19 bits per heavy atom. The standard InChI is InChI=1S/C13H17N3O5/c17-11(18)3-1-2-10(12(19)20)16-13(21)15-8-9-4-6-14-7-5-9/h4-7,10H,1-3,8H2,(H,17,18)(H,19,20)(H2,15,16,21)/t10-/m1/s1. The number of hydrogen-bond donors (Lipinski definition) is 4. The summed E-state index contributed by atoms with van der Waals surface area (Å²) in [6.45, 7) is 0.246. The maximum Gasteiger partial charge on any atom is 0.326 e. The zero-order valence-corrected chi connectivity index (χ0v) is 11.3. The number of aliphatic carboxylic acids is 2. The number of urea groups is 1. The number of amides is 2. The van der Waals surface area contributed by atoms with E-state index in [1.54, 1.807) is 24.5 Å². The molecule has 1 aromatic heterocycles. The molecule has 0 aliphatic carbocycles. The van der Waals surface area contributed by atoms with E-state index in [1.807, 2.05) is 0 Å². The number of pyridine rings is 1. The Balaban J connectivity index is 2.38. The smallest absolute Gasteiger partial charge is 0.326 e. The Labute approximate surface area is 121 Å². The van der Waals surface area contributed by atoms with Crippen molar-refractivity contribution in [1.82, 2.24) is 15.6 Å². The molecule has 1 aromatic rings. The first-order valence-corrected chi connectivity index (χ1v) is 6.37. The summed E-state index contributed by atoms with van der Waals surface area (Å²) in [7, 11) is 0. The fraction of sp³-hybridized carbons (Fsp3) is 0.385. The number of rotatable bonds is 8. The maximum absolute atomic E-state index is 11.6. The number of carbonyl (C=O) groups excluding carboxylic acids is 1. The van der Waals surface area contributed by atoms with Gasteiger partial charge in [0.1, 0.15) is 6.04 Å². The van der Waals surface area contributed by atoms with Crippen molar-refractivity contribution < 1.29 is 24.6 Å². The largest absolute Gasteiger partial charge is 0.481 e. The van der Waals surface area contributed by atoms with Gasteiger partial charge in [-0.1, -0.05) is 0 Å². The van der Waals surface area contributed by atoms with Crippen molar-refractivity contribution in [2.45, 2.75) is 31.8 Å². The van der Waals surface area contributed by atoms with Crippen LogP contribution < -0.4 is 10.6 Å². The molecule has 2 amide bonds. The van der Waals surface area contributed by atoms with E-state index in [2.05, 4.69) is 15.6 Å². The van der Waals surface area contributed by atoms with E-state index in [0.29, 0.717) is 0 Å². The minimum absolute atomic E-state index is 0.0598. The van der Waals surface area contributed by atoms with Gasteiger partial charge in [-0.3, -0.25) is 9.78 Å². The normalized spacial score (nSPS) is 11.4. The molecule has 1 atom stereocenters. The molecule has 0 aliphatic rings. The Kier molecular flexibility index (Phi) is 6.66. The lowest BCUT2D eigenvalue weighted by Gasteiger charge is -2.14. The van der Waals surface area contributed by atoms with Crippen LogP contribution >= 0.6 is 0 Å². The molecule has 1 rings (SSSR count). The predicted octanol–water partition coefficient (Wildman–Crippen LogP) is 0.589. The second kappa shape index (κ2) is 8.51. The molecule has 114 valence electrons. The molecule has 0 aromatic carbocycles. The molecule has 21 heavy (non-hydrogen) atoms. The predicted molar refractivity (Wildman–Crippen MR) is 72.5 cm³/mol. The number of hydrogen-bond acceptors (Lipinski definition) is 4. The average molecular weight is 295 g/mol. The highest BCUT2D eigenvalue weighted by atomic mass is 16.4. The molecule has 1 heterocycles. The highest BCUT2D eigenvalue weighted by Crippen LogP contribution is 2.02. The van der Waals surface area contributed by atoms with E-state index >= 15 is 0 Å². The number of carbonyl (C=O) groups is 3. The molecule has 4 N–H and O–H groups in total. The minimum atomic E-state index is -1.19. The van der Waals surface area contributed by atoms with Gasteiger partial charge in [0.05, 0.1) is 0 Å². The first-order chi connectivity index (χ1) is 9.99. The lowest BCUT2D eigenvalue weighted by Crippen LogP contribution is -2.45. The van der Waals surface area contributed by atoms with Gasteiger partial charge in [0.2, 0.25) is 0 Å². The third-order valence-electron chi connectivity index (χ3n) is 2.69. The molecule has 0 radical (unpaired) electrons. The van der Waals surface area contributed by atoms with Gasteiger partial charge in [-0.25, -0.2) is 9.59 Å². The van der Waals surface area contributed by atoms with Crippen LogP contribution in [0.25, 0.3) is 0 Å². The van der Waals surface area contributed by atoms with Crippen molar-refractivity contribution >= 4 is 18.0 Å². The third kappa shape index (κ3) is 6.90. The lowest BCUT2D eigenvalue weighted by molar-refractivity contribution is -0.140. The van der Waals surface area contributed by atoms with Gasteiger partial charge in [-0.2, -0.15) is 0 Å². The van der Waals surface area contributed by atoms with Crippen molar-refractivity contribution in [3.05, 3.63) is 30.1 Å². The van der Waals surface area contributed by atoms with E-state index in [4.69, 9.17) is 10.2 Å². The highest BCUT2D eigenvalue weighted by Gasteiger charge is 2.19. The van der Waals surface area contributed by atoms with Gasteiger partial charge in [0.25, 0.3) is 0 Å². The zero-order chi connectivity index (χ0) is 15.7. The van der Waals surface area contributed by atoms with E-state index in [1.165, 1.54) is 0 Å². The van der Waals surface area contributed by atoms with Crippen LogP contribution in [-0.2, 0) is 16.1 Å². The molecule has 0 aliphatic heterocycles. The SMILES string of the molecule is O=C(O)CCC[C@@H](NC(=O)NCc1ccncc1)C(=O)O. The summed E-state index contributed by atoms with van der Waals surface area (Å²) in [6, 6.07) is 1.72. The molecule has 0 unspecified atom stereocenters. The van der Waals surface area contributed by atoms with Gasteiger partial charge in [0.15, 0.2) is 0 Å². The van der Waals surface area contributed by atoms with Crippen molar-refractivity contribution in [3.63, 3.8) is 0 Å². The summed E-state index contributed by atoms with van der Waals surface area (Å²) in [5.41, 5.74) is 0.831. The zero-order valence-electron chi connectivity index (χ0n) is 11.3. The molecular formula is C13H17N3O5. The summed E-state index contributed by atoms with van der Waals surface area (Å²) in [5, 5.41) is 22.3. The van der Waals surface area contributed by atoms with Gasteiger partial charge >= 0.3 is 18.0 Å². The van der Waals surface area contributed by atoms with Crippen LogP contribution in [0, 0.1) is 0 Å². The summed E-state index contributed by atoms with van der Waals surface area (Å²) in [4.78, 5) is 36.8. The summed E-state index contributed by atoms with van der Waals surface area (Å²) >= 11 is 0. The van der Waals surface area contributed by atoms with Crippen LogP contribution in [0.5, 0.6) is 0 Å². The van der Waals surface area contributed by atoms with Crippen molar-refractivity contribution in [1.29, 1.82) is 0 Å². The van der Waals surface area contributed by atoms with Crippen molar-refractivity contribution in [2.75, 3.05) is 0 Å². The molecule has 0 saturated carbocycles. The third-order valence-corrected chi connectivity index (χ3v) is 2.69. The molecule has 0 bridgehead atoms. The van der Waals surface area contributed by atoms with Crippen LogP contribution in [0.4, 0.5) is 4.79 Å². The Hall–Kier alpha value is -2.64. The quantitative estimate of drug-likeness (QED) is 0.555. The highest BCUT2D eigenvalue weighted by molar-refractivity contribution is 5.82. The van der Waals surface area contributed by atoms with E-state index in [0.717, 1.165) is 5.56 Å². The first kappa shape index (κ1) is 16.4. The molecule has 0 fully saturated rings. The second-order valence-electron chi connectivity index (χ2n) is 4.36. The van der Waals surface area contributed by atoms with E-state index in [9.17, 15) is 14.4 Å². The van der Waals surface area contributed by atoms with Crippen molar-refractivity contribution in [3.8, 4) is 0 Å². The summed E-state index contributed by atoms with van der Waals surface area (Å²) in [6.07, 6.45) is 3.27. The fourth-order valence-electron chi connectivity index (χ4n) is 1.61. The van der Waals surface area contributed by atoms with Gasteiger partial charge in [-0.05, 0) is 30.5 Å². The van der Waals surface area contributed by atoms with Gasteiger partial charge < -0.3 is 20.8 Å². The maximum atomic E-state index is 11.6. The fourth-order valence-corrected chi connectivity index (χ4v) is 1.61. The van der Waals surface area contributed by atoms with Crippen LogP contribution in [0.15, 0.2) is 24.5 Å². The number of carboxylic acid groups (broad SMARTS) is 2. The number of nitrogens with one attached hydrogen (secondary N) is 2. The Morgan fingerprint density at radius 3 is 2.43 bits per heavy atom. The van der Waals surface area contributed by atoms with Gasteiger partial charge in [0, 0.05) is 25.4 Å². The minimum Gasteiger partial charge on any atom is -0.481 e. The topological polar surface area (TPSA) is 129 Å². The molecule has 0 spiro atoms. The summed E-state index contributed by atoms with van der Waals surface area (Å²) < 4.78 is 0. The Bertz CT molecular complexity index is 492. The number of nitrogens with zero attached hydrogens (tertiary/aromatic N) is 1. The second-order valence-corrected chi connectivity index (χ2v) is 4.36. The van der Waals surface area contributed by atoms with E-state index in [-0.39, 0.29) is 25.8 Å². The lowest BCUT2D eigenvalue weighted by atomic mass is 10.1. The van der Waals surface area contributed by atoms with Crippen LogP contribution in [-0.4, -0.2) is 39.2 Å².